The van der Waals surface area contributed by atoms with Gasteiger partial charge in [-0.3, -0.25) is 9.59 Å². The molecule has 2 aliphatic rings. The fourth-order valence-electron chi connectivity index (χ4n) is 4.64. The number of rotatable bonds is 7. The molecule has 0 saturated carbocycles. The Balaban J connectivity index is 0.000000409. The van der Waals surface area contributed by atoms with E-state index >= 15 is 0 Å². The predicted molar refractivity (Wildman–Crippen MR) is 158 cm³/mol. The lowest BCUT2D eigenvalue weighted by atomic mass is 10.0. The topological polar surface area (TPSA) is 114 Å². The van der Waals surface area contributed by atoms with E-state index < -0.39 is 23.8 Å². The number of nitrogens with one attached hydrogen (secondary N) is 2. The molecule has 2 heterocycles. The van der Waals surface area contributed by atoms with Gasteiger partial charge in [-0.2, -0.15) is 0 Å². The number of benzene rings is 3. The molecule has 41 heavy (non-hydrogen) atoms. The number of ether oxygens (including phenoxy) is 2. The Morgan fingerprint density at radius 3 is 1.90 bits per heavy atom. The van der Waals surface area contributed by atoms with Crippen molar-refractivity contribution in [3.63, 3.8) is 0 Å². The fourth-order valence-corrected chi connectivity index (χ4v) is 5.52. The molecule has 0 spiro atoms. The molecular weight excluding hydrogens is 591 g/mol. The Hall–Kier alpha value is -3.14. The maximum absolute atomic E-state index is 12.6. The molecule has 5 rings (SSSR count). The molecule has 2 amide bonds. The summed E-state index contributed by atoms with van der Waals surface area (Å²) in [5.74, 6) is -2.21. The van der Waals surface area contributed by atoms with Gasteiger partial charge in [-0.1, -0.05) is 65.1 Å². The quantitative estimate of drug-likeness (QED) is 0.290. The van der Waals surface area contributed by atoms with Crippen LogP contribution < -0.4 is 10.6 Å². The van der Waals surface area contributed by atoms with Gasteiger partial charge >= 0.3 is 5.97 Å². The number of fused-ring (bicyclic) bond motifs is 1. The third kappa shape index (κ3) is 7.99. The number of carbonyl (C=O) groups excluding carboxylic acids is 2. The number of anilines is 1. The minimum Gasteiger partial charge on any atom is -0.480 e. The smallest absolute Gasteiger partial charge is 0.326 e. The summed E-state index contributed by atoms with van der Waals surface area (Å²) in [4.78, 5) is 36.9. The van der Waals surface area contributed by atoms with E-state index in [1.54, 1.807) is 67.6 Å². The van der Waals surface area contributed by atoms with Crippen molar-refractivity contribution in [1.29, 1.82) is 0 Å². The zero-order chi connectivity index (χ0) is 29.5. The van der Waals surface area contributed by atoms with Crippen LogP contribution in [-0.4, -0.2) is 54.4 Å². The Labute approximate surface area is 252 Å². The summed E-state index contributed by atoms with van der Waals surface area (Å²) in [6.07, 6.45) is 3.18. The van der Waals surface area contributed by atoms with Crippen LogP contribution in [0.4, 0.5) is 5.69 Å². The van der Waals surface area contributed by atoms with E-state index in [4.69, 9.17) is 44.3 Å². The number of halogens is 3. The maximum Gasteiger partial charge on any atom is 0.326 e. The molecule has 0 radical (unpaired) electrons. The molecule has 0 bridgehead atoms. The highest BCUT2D eigenvalue weighted by Gasteiger charge is 2.33. The van der Waals surface area contributed by atoms with E-state index in [-0.39, 0.29) is 32.6 Å². The molecular formula is C30H29Cl3N2O6. The summed E-state index contributed by atoms with van der Waals surface area (Å²) in [7, 11) is 0. The van der Waals surface area contributed by atoms with Gasteiger partial charge in [0.05, 0.1) is 38.4 Å². The predicted octanol–water partition coefficient (Wildman–Crippen LogP) is 6.20. The average molecular weight is 620 g/mol. The molecule has 0 aliphatic carbocycles. The highest BCUT2D eigenvalue weighted by Crippen LogP contribution is 2.26. The molecule has 2 saturated heterocycles. The Bertz CT molecular complexity index is 1360. The second-order valence-electron chi connectivity index (χ2n) is 9.64. The van der Waals surface area contributed by atoms with Crippen LogP contribution in [0.5, 0.6) is 0 Å². The fraction of sp³-hybridized carbons (Fsp3) is 0.300. The van der Waals surface area contributed by atoms with Gasteiger partial charge in [-0.15, -0.1) is 0 Å². The van der Waals surface area contributed by atoms with Crippen LogP contribution in [0.15, 0.2) is 60.7 Å². The summed E-state index contributed by atoms with van der Waals surface area (Å²) < 4.78 is 10.7. The summed E-state index contributed by atoms with van der Waals surface area (Å²) in [5.41, 5.74) is 2.16. The van der Waals surface area contributed by atoms with E-state index in [1.165, 1.54) is 0 Å². The summed E-state index contributed by atoms with van der Waals surface area (Å²) >= 11 is 18.2. The number of hydrogen-bond acceptors (Lipinski definition) is 5. The molecule has 0 aromatic heterocycles. The van der Waals surface area contributed by atoms with E-state index in [2.05, 4.69) is 10.6 Å². The van der Waals surface area contributed by atoms with Gasteiger partial charge in [0.15, 0.2) is 0 Å². The summed E-state index contributed by atoms with van der Waals surface area (Å²) in [6, 6.07) is 15.2. The zero-order valence-electron chi connectivity index (χ0n) is 22.2. The first-order valence-corrected chi connectivity index (χ1v) is 14.1. The molecule has 3 atom stereocenters. The van der Waals surface area contributed by atoms with Gasteiger partial charge in [-0.25, -0.2) is 4.79 Å². The van der Waals surface area contributed by atoms with Crippen molar-refractivity contribution in [2.45, 2.75) is 44.4 Å². The zero-order valence-corrected chi connectivity index (χ0v) is 24.4. The number of aliphatic carboxylic acids is 1. The lowest BCUT2D eigenvalue weighted by molar-refractivity contribution is -0.139. The third-order valence-corrected chi connectivity index (χ3v) is 7.72. The van der Waals surface area contributed by atoms with E-state index in [0.29, 0.717) is 29.0 Å². The van der Waals surface area contributed by atoms with Crippen LogP contribution >= 0.6 is 34.8 Å². The van der Waals surface area contributed by atoms with Gasteiger partial charge in [0.25, 0.3) is 11.8 Å². The standard InChI is InChI=1S/C24H19Cl3N2O4.C6H10O2/c1-13-4-2-5-16(25)20(13)22(30)29-19(24(32)33)12-14-8-10-15(11-9-14)28-23(31)21-17(26)6-3-7-18(21)27;1-3-7-6-2-4-8-5(1)6/h2-11,19H,12H2,1H3,(H,28,31)(H,29,30)(H,32,33);5-6H,1-4H2/t19-;5-,6-/m01/s1. The van der Waals surface area contributed by atoms with Crippen LogP contribution in [0.3, 0.4) is 0 Å². The van der Waals surface area contributed by atoms with Gasteiger partial charge in [0.1, 0.15) is 6.04 Å². The summed E-state index contributed by atoms with van der Waals surface area (Å²) in [5, 5.41) is 15.5. The third-order valence-electron chi connectivity index (χ3n) is 6.78. The van der Waals surface area contributed by atoms with Crippen LogP contribution in [0, 0.1) is 6.92 Å². The van der Waals surface area contributed by atoms with Crippen molar-refractivity contribution >= 4 is 58.3 Å². The number of amides is 2. The molecule has 11 heteroatoms. The first-order valence-electron chi connectivity index (χ1n) is 13.0. The van der Waals surface area contributed by atoms with Crippen LogP contribution in [-0.2, 0) is 20.7 Å². The van der Waals surface area contributed by atoms with E-state index in [0.717, 1.165) is 26.1 Å². The number of hydrogen-bond donors (Lipinski definition) is 3. The van der Waals surface area contributed by atoms with Crippen molar-refractivity contribution in [1.82, 2.24) is 5.32 Å². The molecule has 8 nitrogen and oxygen atoms in total. The minimum absolute atomic E-state index is 0.0368. The first-order chi connectivity index (χ1) is 19.6. The monoisotopic (exact) mass is 618 g/mol. The number of carboxylic acids is 1. The second-order valence-corrected chi connectivity index (χ2v) is 10.9. The lowest BCUT2D eigenvalue weighted by Crippen LogP contribution is -2.42. The largest absolute Gasteiger partial charge is 0.480 e. The van der Waals surface area contributed by atoms with Crippen molar-refractivity contribution < 1.29 is 29.0 Å². The normalized spacial score (nSPS) is 18.0. The number of carboxylic acid groups (broad SMARTS) is 1. The molecule has 2 fully saturated rings. The highest BCUT2D eigenvalue weighted by atomic mass is 35.5. The maximum atomic E-state index is 12.6. The van der Waals surface area contributed by atoms with Crippen LogP contribution in [0.1, 0.15) is 44.7 Å². The van der Waals surface area contributed by atoms with Crippen LogP contribution in [0.25, 0.3) is 0 Å². The first kappa shape index (κ1) is 30.8. The second kappa shape index (κ2) is 14.2. The molecule has 2 aliphatic heterocycles. The molecule has 0 unspecified atom stereocenters. The van der Waals surface area contributed by atoms with Gasteiger partial charge < -0.3 is 25.2 Å². The Morgan fingerprint density at radius 1 is 0.829 bits per heavy atom. The van der Waals surface area contributed by atoms with Gasteiger partial charge in [0, 0.05) is 25.3 Å². The molecule has 3 aromatic carbocycles. The lowest BCUT2D eigenvalue weighted by Gasteiger charge is -2.16. The highest BCUT2D eigenvalue weighted by molar-refractivity contribution is 6.40. The minimum atomic E-state index is -1.18. The molecule has 3 N–H and O–H groups in total. The Kier molecular flexibility index (Phi) is 10.6. The van der Waals surface area contributed by atoms with Crippen molar-refractivity contribution in [3.8, 4) is 0 Å². The molecule has 216 valence electrons. The van der Waals surface area contributed by atoms with Crippen LogP contribution in [0.2, 0.25) is 15.1 Å². The SMILES string of the molecule is C1C[C@H]2OCC[C@H]2O1.Cc1cccc(Cl)c1C(=O)N[C@@H](Cc1ccc(NC(=O)c2c(Cl)cccc2Cl)cc1)C(=O)O. The van der Waals surface area contributed by atoms with Gasteiger partial charge in [0.2, 0.25) is 0 Å². The number of carbonyl (C=O) groups is 3. The molecule has 3 aromatic rings. The van der Waals surface area contributed by atoms with Crippen molar-refractivity contribution in [2.75, 3.05) is 18.5 Å². The summed E-state index contributed by atoms with van der Waals surface area (Å²) in [6.45, 7) is 3.55. The van der Waals surface area contributed by atoms with Crippen molar-refractivity contribution in [2.24, 2.45) is 0 Å². The van der Waals surface area contributed by atoms with Gasteiger partial charge in [-0.05, 0) is 61.2 Å². The Morgan fingerprint density at radius 2 is 1.37 bits per heavy atom. The van der Waals surface area contributed by atoms with E-state index in [1.807, 2.05) is 0 Å². The average Bonchev–Trinajstić information content (AvgIpc) is 3.55. The van der Waals surface area contributed by atoms with Crippen molar-refractivity contribution in [3.05, 3.63) is 98.0 Å². The number of aryl methyl sites for hydroxylation is 1. The van der Waals surface area contributed by atoms with E-state index in [9.17, 15) is 19.5 Å².